The predicted molar refractivity (Wildman–Crippen MR) is 56.3 cm³/mol. The molecule has 0 atom stereocenters. The van der Waals surface area contributed by atoms with Crippen molar-refractivity contribution in [3.05, 3.63) is 11.9 Å². The molecule has 1 heterocycles. The molecule has 1 aromatic rings. The molecule has 1 fully saturated rings. The lowest BCUT2D eigenvalue weighted by Crippen LogP contribution is -2.16. The van der Waals surface area contributed by atoms with Crippen LogP contribution in [0.25, 0.3) is 0 Å². The molecule has 1 N–H and O–H groups in total. The van der Waals surface area contributed by atoms with Crippen molar-refractivity contribution >= 4 is 0 Å². The summed E-state index contributed by atoms with van der Waals surface area (Å²) in [7, 11) is 1.69. The van der Waals surface area contributed by atoms with E-state index in [-0.39, 0.29) is 0 Å². The van der Waals surface area contributed by atoms with Gasteiger partial charge in [0.2, 0.25) is 0 Å². The third-order valence-electron chi connectivity index (χ3n) is 2.55. The second kappa shape index (κ2) is 5.23. The lowest BCUT2D eigenvalue weighted by Gasteiger charge is -1.99. The van der Waals surface area contributed by atoms with E-state index in [0.29, 0.717) is 6.61 Å². The average Bonchev–Trinajstić information content (AvgIpc) is 2.95. The maximum absolute atomic E-state index is 4.97. The van der Waals surface area contributed by atoms with Crippen LogP contribution in [0.1, 0.15) is 18.5 Å². The van der Waals surface area contributed by atoms with Crippen LogP contribution in [0.15, 0.2) is 6.20 Å². The van der Waals surface area contributed by atoms with E-state index in [1.165, 1.54) is 12.8 Å². The summed E-state index contributed by atoms with van der Waals surface area (Å²) in [6.45, 7) is 3.39. The lowest BCUT2D eigenvalue weighted by molar-refractivity contribution is 0.183. The van der Waals surface area contributed by atoms with Gasteiger partial charge in [-0.3, -0.25) is 0 Å². The molecule has 15 heavy (non-hydrogen) atoms. The van der Waals surface area contributed by atoms with Crippen molar-refractivity contribution in [3.8, 4) is 0 Å². The SMILES string of the molecule is COCCn1cc(CNCC2CC2)nn1. The predicted octanol–water partition coefficient (Wildman–Crippen LogP) is 0.424. The van der Waals surface area contributed by atoms with Gasteiger partial charge in [-0.15, -0.1) is 5.10 Å². The molecule has 0 spiro atoms. The van der Waals surface area contributed by atoms with Crippen LogP contribution in [0.2, 0.25) is 0 Å². The van der Waals surface area contributed by atoms with Crippen molar-refractivity contribution in [3.63, 3.8) is 0 Å². The Balaban J connectivity index is 1.68. The van der Waals surface area contributed by atoms with E-state index in [2.05, 4.69) is 15.6 Å². The van der Waals surface area contributed by atoms with Crippen molar-refractivity contribution in [1.29, 1.82) is 0 Å². The first kappa shape index (κ1) is 10.6. The molecule has 84 valence electrons. The average molecular weight is 210 g/mol. The Hall–Kier alpha value is -0.940. The minimum atomic E-state index is 0.679. The highest BCUT2D eigenvalue weighted by molar-refractivity contribution is 4.92. The number of nitrogens with zero attached hydrogens (tertiary/aromatic N) is 3. The van der Waals surface area contributed by atoms with Crippen molar-refractivity contribution in [1.82, 2.24) is 20.3 Å². The number of methoxy groups -OCH3 is 1. The fourth-order valence-electron chi connectivity index (χ4n) is 1.44. The van der Waals surface area contributed by atoms with Crippen LogP contribution in [0, 0.1) is 5.92 Å². The van der Waals surface area contributed by atoms with Gasteiger partial charge in [0.15, 0.2) is 0 Å². The molecule has 1 aliphatic rings. The van der Waals surface area contributed by atoms with Crippen LogP contribution < -0.4 is 5.32 Å². The lowest BCUT2D eigenvalue weighted by atomic mass is 10.4. The maximum Gasteiger partial charge on any atom is 0.0964 e. The van der Waals surface area contributed by atoms with E-state index in [1.54, 1.807) is 7.11 Å². The number of rotatable bonds is 7. The molecule has 0 aromatic carbocycles. The first-order chi connectivity index (χ1) is 7.38. The highest BCUT2D eigenvalue weighted by atomic mass is 16.5. The van der Waals surface area contributed by atoms with E-state index in [4.69, 9.17) is 4.74 Å². The third-order valence-corrected chi connectivity index (χ3v) is 2.55. The van der Waals surface area contributed by atoms with E-state index in [0.717, 1.165) is 31.2 Å². The zero-order valence-corrected chi connectivity index (χ0v) is 9.15. The van der Waals surface area contributed by atoms with Crippen LogP contribution >= 0.6 is 0 Å². The quantitative estimate of drug-likeness (QED) is 0.709. The van der Waals surface area contributed by atoms with Gasteiger partial charge in [-0.2, -0.15) is 0 Å². The van der Waals surface area contributed by atoms with E-state index < -0.39 is 0 Å². The second-order valence-corrected chi connectivity index (χ2v) is 4.04. The van der Waals surface area contributed by atoms with Gasteiger partial charge in [0.05, 0.1) is 18.8 Å². The molecule has 5 heteroatoms. The highest BCUT2D eigenvalue weighted by Crippen LogP contribution is 2.27. The molecule has 0 amide bonds. The van der Waals surface area contributed by atoms with Crippen LogP contribution in [-0.4, -0.2) is 35.3 Å². The van der Waals surface area contributed by atoms with Crippen LogP contribution in [0.3, 0.4) is 0 Å². The molecule has 0 saturated heterocycles. The summed E-state index contributed by atoms with van der Waals surface area (Å²) in [6, 6.07) is 0. The molecule has 0 bridgehead atoms. The fraction of sp³-hybridized carbons (Fsp3) is 0.800. The Kier molecular flexibility index (Phi) is 3.69. The molecule has 0 radical (unpaired) electrons. The second-order valence-electron chi connectivity index (χ2n) is 4.04. The molecule has 5 nitrogen and oxygen atoms in total. The van der Waals surface area contributed by atoms with E-state index in [9.17, 15) is 0 Å². The number of nitrogens with one attached hydrogen (secondary N) is 1. The van der Waals surface area contributed by atoms with Gasteiger partial charge in [-0.25, -0.2) is 4.68 Å². The molecule has 0 aliphatic heterocycles. The maximum atomic E-state index is 4.97. The summed E-state index contributed by atoms with van der Waals surface area (Å²) in [5.74, 6) is 0.911. The molecule has 1 saturated carbocycles. The van der Waals surface area contributed by atoms with Gasteiger partial charge in [0.1, 0.15) is 0 Å². The Labute approximate surface area is 89.8 Å². The highest BCUT2D eigenvalue weighted by Gasteiger charge is 2.20. The molecular weight excluding hydrogens is 192 g/mol. The molecule has 0 unspecified atom stereocenters. The van der Waals surface area contributed by atoms with Gasteiger partial charge in [-0.05, 0) is 25.3 Å². The molecule has 2 rings (SSSR count). The Bertz CT molecular complexity index is 295. The minimum absolute atomic E-state index is 0.679. The standard InChI is InChI=1S/C10H18N4O/c1-15-5-4-14-8-10(12-13-14)7-11-6-9-2-3-9/h8-9,11H,2-7H2,1H3. The van der Waals surface area contributed by atoms with Crippen molar-refractivity contribution < 1.29 is 4.74 Å². The number of hydrogen-bond acceptors (Lipinski definition) is 4. The Morgan fingerprint density at radius 3 is 3.20 bits per heavy atom. The van der Waals surface area contributed by atoms with E-state index >= 15 is 0 Å². The summed E-state index contributed by atoms with van der Waals surface area (Å²) < 4.78 is 6.79. The zero-order chi connectivity index (χ0) is 10.5. The summed E-state index contributed by atoms with van der Waals surface area (Å²) in [4.78, 5) is 0. The Morgan fingerprint density at radius 1 is 1.60 bits per heavy atom. The fourth-order valence-corrected chi connectivity index (χ4v) is 1.44. The number of ether oxygens (including phenoxy) is 1. The van der Waals surface area contributed by atoms with Gasteiger partial charge in [-0.1, -0.05) is 5.21 Å². The summed E-state index contributed by atoms with van der Waals surface area (Å²) >= 11 is 0. The first-order valence-corrected chi connectivity index (χ1v) is 5.47. The summed E-state index contributed by atoms with van der Waals surface area (Å²) in [5, 5.41) is 11.5. The van der Waals surface area contributed by atoms with Gasteiger partial charge >= 0.3 is 0 Å². The van der Waals surface area contributed by atoms with Crippen molar-refractivity contribution in [2.24, 2.45) is 5.92 Å². The number of aromatic nitrogens is 3. The summed E-state index contributed by atoms with van der Waals surface area (Å²) in [5.41, 5.74) is 1.01. The molecule has 1 aromatic heterocycles. The first-order valence-electron chi connectivity index (χ1n) is 5.47. The monoisotopic (exact) mass is 210 g/mol. The van der Waals surface area contributed by atoms with Crippen molar-refractivity contribution in [2.45, 2.75) is 25.9 Å². The van der Waals surface area contributed by atoms with Gasteiger partial charge in [0, 0.05) is 19.9 Å². The van der Waals surface area contributed by atoms with Crippen molar-refractivity contribution in [2.75, 3.05) is 20.3 Å². The third kappa shape index (κ3) is 3.60. The molecular formula is C10H18N4O. The van der Waals surface area contributed by atoms with Crippen LogP contribution in [0.5, 0.6) is 0 Å². The normalized spacial score (nSPS) is 15.8. The number of hydrogen-bond donors (Lipinski definition) is 1. The largest absolute Gasteiger partial charge is 0.383 e. The minimum Gasteiger partial charge on any atom is -0.383 e. The van der Waals surface area contributed by atoms with Crippen LogP contribution in [0.4, 0.5) is 0 Å². The van der Waals surface area contributed by atoms with Gasteiger partial charge in [0.25, 0.3) is 0 Å². The van der Waals surface area contributed by atoms with Gasteiger partial charge < -0.3 is 10.1 Å². The smallest absolute Gasteiger partial charge is 0.0964 e. The topological polar surface area (TPSA) is 52.0 Å². The Morgan fingerprint density at radius 2 is 2.47 bits per heavy atom. The molecule has 1 aliphatic carbocycles. The van der Waals surface area contributed by atoms with E-state index in [1.807, 2.05) is 10.9 Å². The zero-order valence-electron chi connectivity index (χ0n) is 9.15. The summed E-state index contributed by atoms with van der Waals surface area (Å²) in [6.07, 6.45) is 4.74. The van der Waals surface area contributed by atoms with Crippen LogP contribution in [-0.2, 0) is 17.8 Å².